The summed E-state index contributed by atoms with van der Waals surface area (Å²) in [6.07, 6.45) is 4.88. The Kier molecular flexibility index (Phi) is 8.34. The first-order valence-corrected chi connectivity index (χ1v) is 12.8. The van der Waals surface area contributed by atoms with E-state index in [9.17, 15) is 14.4 Å². The molecule has 2 aliphatic heterocycles. The predicted octanol–water partition coefficient (Wildman–Crippen LogP) is 3.94. The zero-order chi connectivity index (χ0) is 27.3. The van der Waals surface area contributed by atoms with Gasteiger partial charge in [0.1, 0.15) is 23.5 Å². The molecule has 0 radical (unpaired) electrons. The molecule has 0 N–H and O–H groups in total. The van der Waals surface area contributed by atoms with Gasteiger partial charge in [0, 0.05) is 31.9 Å². The van der Waals surface area contributed by atoms with Crippen molar-refractivity contribution in [3.63, 3.8) is 0 Å². The van der Waals surface area contributed by atoms with E-state index in [0.717, 1.165) is 11.1 Å². The molecule has 38 heavy (non-hydrogen) atoms. The summed E-state index contributed by atoms with van der Waals surface area (Å²) in [5.41, 5.74) is 1.50. The summed E-state index contributed by atoms with van der Waals surface area (Å²) in [4.78, 5) is 47.4. The Morgan fingerprint density at radius 1 is 1.03 bits per heavy atom. The average molecular weight is 522 g/mol. The molecule has 2 aromatic rings. The Balaban J connectivity index is 1.61. The van der Waals surface area contributed by atoms with Crippen LogP contribution in [0.3, 0.4) is 0 Å². The van der Waals surface area contributed by atoms with Gasteiger partial charge in [0.2, 0.25) is 5.91 Å². The number of methoxy groups -OCH3 is 1. The van der Waals surface area contributed by atoms with E-state index in [2.05, 4.69) is 4.98 Å². The van der Waals surface area contributed by atoms with E-state index in [1.165, 1.54) is 12.0 Å². The molecule has 3 atom stereocenters. The summed E-state index contributed by atoms with van der Waals surface area (Å²) in [6, 6.07) is 12.4. The number of esters is 1. The lowest BCUT2D eigenvalue weighted by Gasteiger charge is -2.44. The highest BCUT2D eigenvalue weighted by molar-refractivity contribution is 5.92. The van der Waals surface area contributed by atoms with Crippen molar-refractivity contribution in [1.82, 2.24) is 14.8 Å². The maximum Gasteiger partial charge on any atom is 0.411 e. The van der Waals surface area contributed by atoms with Gasteiger partial charge in [-0.1, -0.05) is 36.4 Å². The van der Waals surface area contributed by atoms with E-state index in [1.807, 2.05) is 36.4 Å². The lowest BCUT2D eigenvalue weighted by atomic mass is 9.86. The summed E-state index contributed by atoms with van der Waals surface area (Å²) in [7, 11) is 1.28. The number of amides is 2. The molecule has 202 valence electrons. The standard InChI is InChI=1S/C29H35N3O6/c1-29(2,3)38-28(35)32-19-23(37-22-10-14-30-15-11-22)18-24(27(34)36-4)25(32)26(33)31-16-12-21(13-17-31)20-8-6-5-7-9-20/h5-12,14-15,23-25H,13,16-19H2,1-4H3/t23-,24-,25-/m0/s1. The van der Waals surface area contributed by atoms with Crippen LogP contribution in [0.4, 0.5) is 4.79 Å². The number of carbonyl (C=O) groups is 3. The molecule has 4 rings (SSSR count). The fourth-order valence-electron chi connectivity index (χ4n) is 4.89. The van der Waals surface area contributed by atoms with E-state index in [1.54, 1.807) is 50.2 Å². The molecule has 9 nitrogen and oxygen atoms in total. The van der Waals surface area contributed by atoms with E-state index < -0.39 is 35.7 Å². The number of piperidine rings is 1. The lowest BCUT2D eigenvalue weighted by Crippen LogP contribution is -2.63. The number of benzene rings is 1. The van der Waals surface area contributed by atoms with Crippen molar-refractivity contribution in [2.75, 3.05) is 26.7 Å². The average Bonchev–Trinajstić information content (AvgIpc) is 2.92. The normalized spacial score (nSPS) is 21.8. The first-order valence-electron chi connectivity index (χ1n) is 12.8. The van der Waals surface area contributed by atoms with E-state index >= 15 is 0 Å². The van der Waals surface area contributed by atoms with E-state index in [-0.39, 0.29) is 18.9 Å². The second kappa shape index (κ2) is 11.7. The zero-order valence-corrected chi connectivity index (χ0v) is 22.3. The number of pyridine rings is 1. The van der Waals surface area contributed by atoms with Crippen LogP contribution in [0.25, 0.3) is 5.57 Å². The molecule has 2 aliphatic rings. The fraction of sp³-hybridized carbons (Fsp3) is 0.448. The van der Waals surface area contributed by atoms with Crippen LogP contribution in [-0.2, 0) is 19.1 Å². The number of rotatable bonds is 5. The Morgan fingerprint density at radius 2 is 1.74 bits per heavy atom. The molecule has 0 saturated carbocycles. The molecular formula is C29H35N3O6. The van der Waals surface area contributed by atoms with Gasteiger partial charge >= 0.3 is 12.1 Å². The van der Waals surface area contributed by atoms with Crippen molar-refractivity contribution in [2.24, 2.45) is 5.92 Å². The van der Waals surface area contributed by atoms with Gasteiger partial charge in [-0.15, -0.1) is 0 Å². The molecule has 1 aromatic heterocycles. The van der Waals surface area contributed by atoms with Crippen molar-refractivity contribution in [1.29, 1.82) is 0 Å². The van der Waals surface area contributed by atoms with Crippen molar-refractivity contribution in [3.05, 3.63) is 66.5 Å². The van der Waals surface area contributed by atoms with E-state index in [0.29, 0.717) is 25.3 Å². The van der Waals surface area contributed by atoms with Crippen molar-refractivity contribution >= 4 is 23.5 Å². The Morgan fingerprint density at radius 3 is 2.34 bits per heavy atom. The molecule has 9 heteroatoms. The molecule has 3 heterocycles. The fourth-order valence-corrected chi connectivity index (χ4v) is 4.89. The number of ether oxygens (including phenoxy) is 3. The number of hydrogen-bond donors (Lipinski definition) is 0. The quantitative estimate of drug-likeness (QED) is 0.550. The SMILES string of the molecule is COC(=O)[C@H]1C[C@H](Oc2ccncc2)CN(C(=O)OC(C)(C)C)[C@@H]1C(=O)N1CC=C(c2ccccc2)CC1. The minimum Gasteiger partial charge on any atom is -0.488 e. The topological polar surface area (TPSA) is 98.3 Å². The minimum absolute atomic E-state index is 0.0834. The second-order valence-electron chi connectivity index (χ2n) is 10.5. The summed E-state index contributed by atoms with van der Waals surface area (Å²) in [5, 5.41) is 0. The molecule has 2 amide bonds. The lowest BCUT2D eigenvalue weighted by molar-refractivity contribution is -0.159. The highest BCUT2D eigenvalue weighted by Gasteiger charge is 2.49. The first kappa shape index (κ1) is 27.2. The Hall–Kier alpha value is -3.88. The summed E-state index contributed by atoms with van der Waals surface area (Å²) in [5.74, 6) is -1.24. The van der Waals surface area contributed by atoms with Gasteiger partial charge in [-0.3, -0.25) is 19.5 Å². The summed E-state index contributed by atoms with van der Waals surface area (Å²) >= 11 is 0. The van der Waals surface area contributed by atoms with Crippen LogP contribution in [0.1, 0.15) is 39.2 Å². The third-order valence-corrected chi connectivity index (χ3v) is 6.64. The van der Waals surface area contributed by atoms with Gasteiger partial charge in [0.25, 0.3) is 0 Å². The minimum atomic E-state index is -1.07. The van der Waals surface area contributed by atoms with Gasteiger partial charge in [0.15, 0.2) is 0 Å². The Labute approximate surface area is 223 Å². The number of likely N-dealkylation sites (tertiary alicyclic amines) is 1. The van der Waals surface area contributed by atoms with Crippen LogP contribution in [0.2, 0.25) is 0 Å². The predicted molar refractivity (Wildman–Crippen MR) is 141 cm³/mol. The number of aromatic nitrogens is 1. The van der Waals surface area contributed by atoms with Crippen LogP contribution >= 0.6 is 0 Å². The summed E-state index contributed by atoms with van der Waals surface area (Å²) < 4.78 is 16.9. The molecular weight excluding hydrogens is 486 g/mol. The number of carbonyl (C=O) groups excluding carboxylic acids is 3. The van der Waals surface area contributed by atoms with Crippen molar-refractivity contribution in [2.45, 2.75) is 51.4 Å². The van der Waals surface area contributed by atoms with Crippen LogP contribution in [-0.4, -0.2) is 77.2 Å². The second-order valence-corrected chi connectivity index (χ2v) is 10.5. The molecule has 1 saturated heterocycles. The van der Waals surface area contributed by atoms with Gasteiger partial charge < -0.3 is 19.1 Å². The monoisotopic (exact) mass is 521 g/mol. The van der Waals surface area contributed by atoms with Crippen LogP contribution in [0, 0.1) is 5.92 Å². The highest BCUT2D eigenvalue weighted by Crippen LogP contribution is 2.32. The van der Waals surface area contributed by atoms with Gasteiger partial charge in [-0.25, -0.2) is 4.79 Å². The Bertz CT molecular complexity index is 1160. The van der Waals surface area contributed by atoms with Crippen LogP contribution < -0.4 is 4.74 Å². The maximum atomic E-state index is 14.0. The highest BCUT2D eigenvalue weighted by atomic mass is 16.6. The van der Waals surface area contributed by atoms with Gasteiger partial charge in [-0.2, -0.15) is 0 Å². The number of hydrogen-bond acceptors (Lipinski definition) is 7. The van der Waals surface area contributed by atoms with Crippen LogP contribution in [0.15, 0.2) is 60.9 Å². The van der Waals surface area contributed by atoms with Crippen LogP contribution in [0.5, 0.6) is 5.75 Å². The molecule has 0 unspecified atom stereocenters. The maximum absolute atomic E-state index is 14.0. The van der Waals surface area contributed by atoms with E-state index in [4.69, 9.17) is 14.2 Å². The third kappa shape index (κ3) is 6.51. The van der Waals surface area contributed by atoms with Crippen molar-refractivity contribution in [3.8, 4) is 5.75 Å². The zero-order valence-electron chi connectivity index (χ0n) is 22.3. The first-order chi connectivity index (χ1) is 18.2. The molecule has 0 bridgehead atoms. The van der Waals surface area contributed by atoms with Gasteiger partial charge in [0.05, 0.1) is 19.6 Å². The summed E-state index contributed by atoms with van der Waals surface area (Å²) in [6.45, 7) is 6.22. The molecule has 0 aliphatic carbocycles. The smallest absolute Gasteiger partial charge is 0.411 e. The van der Waals surface area contributed by atoms with Crippen molar-refractivity contribution < 1.29 is 28.6 Å². The molecule has 0 spiro atoms. The number of nitrogens with zero attached hydrogens (tertiary/aromatic N) is 3. The third-order valence-electron chi connectivity index (χ3n) is 6.64. The molecule has 1 fully saturated rings. The molecule has 1 aromatic carbocycles. The van der Waals surface area contributed by atoms with Gasteiger partial charge in [-0.05, 0) is 50.5 Å². The largest absolute Gasteiger partial charge is 0.488 e.